The van der Waals surface area contributed by atoms with Crippen LogP contribution in [-0.4, -0.2) is 75.1 Å². The molecule has 4 rings (SSSR count). The van der Waals surface area contributed by atoms with E-state index in [0.29, 0.717) is 11.7 Å². The zero-order valence-electron chi connectivity index (χ0n) is 16.5. The Labute approximate surface area is 174 Å². The lowest BCUT2D eigenvalue weighted by molar-refractivity contribution is -0.130. The van der Waals surface area contributed by atoms with Gasteiger partial charge in [-0.25, -0.2) is 9.89 Å². The van der Waals surface area contributed by atoms with Gasteiger partial charge in [-0.2, -0.15) is 0 Å². The summed E-state index contributed by atoms with van der Waals surface area (Å²) < 4.78 is 7.21. The Kier molecular flexibility index (Phi) is 6.68. The van der Waals surface area contributed by atoms with Crippen molar-refractivity contribution >= 4 is 17.7 Å². The molecular weight excluding hydrogens is 390 g/mol. The number of piperazine rings is 1. The van der Waals surface area contributed by atoms with E-state index >= 15 is 0 Å². The number of nitrogens with one attached hydrogen (secondary N) is 1. The number of H-pyrrole nitrogens is 1. The highest BCUT2D eigenvalue weighted by molar-refractivity contribution is 7.99. The predicted octanol–water partition coefficient (Wildman–Crippen LogP) is 1.19. The van der Waals surface area contributed by atoms with Gasteiger partial charge in [0.25, 0.3) is 0 Å². The van der Waals surface area contributed by atoms with E-state index < -0.39 is 0 Å². The van der Waals surface area contributed by atoms with Gasteiger partial charge in [0, 0.05) is 39.3 Å². The van der Waals surface area contributed by atoms with Crippen LogP contribution in [-0.2, 0) is 22.6 Å². The molecule has 2 fully saturated rings. The van der Waals surface area contributed by atoms with Gasteiger partial charge in [0.15, 0.2) is 5.16 Å². The minimum Gasteiger partial charge on any atom is -0.376 e. The summed E-state index contributed by atoms with van der Waals surface area (Å²) in [6, 6.07) is 10.4. The number of benzene rings is 1. The highest BCUT2D eigenvalue weighted by atomic mass is 32.2. The molecule has 2 saturated heterocycles. The van der Waals surface area contributed by atoms with Crippen LogP contribution in [0.25, 0.3) is 0 Å². The molecule has 1 N–H and O–H groups in total. The van der Waals surface area contributed by atoms with E-state index in [9.17, 15) is 9.59 Å². The Balaban J connectivity index is 1.25. The monoisotopic (exact) mass is 417 g/mol. The van der Waals surface area contributed by atoms with Crippen molar-refractivity contribution in [2.24, 2.45) is 0 Å². The number of amides is 1. The second-order valence-corrected chi connectivity index (χ2v) is 8.43. The van der Waals surface area contributed by atoms with Crippen molar-refractivity contribution in [1.29, 1.82) is 0 Å². The van der Waals surface area contributed by atoms with Crippen molar-refractivity contribution in [2.45, 2.75) is 37.2 Å². The summed E-state index contributed by atoms with van der Waals surface area (Å²) in [7, 11) is 0. The Morgan fingerprint density at radius 3 is 2.72 bits per heavy atom. The van der Waals surface area contributed by atoms with E-state index in [0.717, 1.165) is 52.2 Å². The number of aromatic amines is 1. The summed E-state index contributed by atoms with van der Waals surface area (Å²) >= 11 is 1.32. The molecule has 9 heteroatoms. The summed E-state index contributed by atoms with van der Waals surface area (Å²) in [4.78, 5) is 29.0. The molecule has 1 aromatic heterocycles. The molecule has 2 aliphatic rings. The van der Waals surface area contributed by atoms with Crippen LogP contribution in [0.4, 0.5) is 0 Å². The van der Waals surface area contributed by atoms with Crippen LogP contribution in [0.1, 0.15) is 18.4 Å². The number of carbonyl (C=O) groups is 1. The van der Waals surface area contributed by atoms with E-state index in [1.165, 1.54) is 17.3 Å². The molecule has 8 nitrogen and oxygen atoms in total. The largest absolute Gasteiger partial charge is 0.376 e. The zero-order valence-corrected chi connectivity index (χ0v) is 17.3. The third-order valence-corrected chi connectivity index (χ3v) is 6.39. The Hall–Kier alpha value is -2.10. The van der Waals surface area contributed by atoms with Crippen LogP contribution < -0.4 is 5.69 Å². The SMILES string of the molecule is O=C(CSc1n[nH]c(=O)n1C[C@H]1CCCO1)N1CCN(Cc2ccccc2)CC1. The van der Waals surface area contributed by atoms with Crippen LogP contribution in [0.3, 0.4) is 0 Å². The summed E-state index contributed by atoms with van der Waals surface area (Å²) in [6.07, 6.45) is 2.03. The standard InChI is InChI=1S/C20H27N5O3S/c26-18(24-10-8-23(9-11-24)13-16-5-2-1-3-6-16)15-29-20-22-21-19(27)25(20)14-17-7-4-12-28-17/h1-3,5-6,17H,4,7-15H2,(H,21,27)/t17-/m1/s1. The molecule has 0 unspecified atom stereocenters. The van der Waals surface area contributed by atoms with Gasteiger partial charge in [0.1, 0.15) is 0 Å². The first-order valence-corrected chi connectivity index (χ1v) is 11.1. The van der Waals surface area contributed by atoms with Crippen LogP contribution in [0.2, 0.25) is 0 Å². The average Bonchev–Trinajstić information content (AvgIpc) is 3.38. The van der Waals surface area contributed by atoms with Gasteiger partial charge in [-0.3, -0.25) is 14.3 Å². The lowest BCUT2D eigenvalue weighted by atomic mass is 10.2. The highest BCUT2D eigenvalue weighted by Crippen LogP contribution is 2.19. The fourth-order valence-electron chi connectivity index (χ4n) is 3.78. The van der Waals surface area contributed by atoms with Crippen LogP contribution in [0.15, 0.2) is 40.3 Å². The molecule has 0 radical (unpaired) electrons. The first-order valence-electron chi connectivity index (χ1n) is 10.1. The number of rotatable bonds is 7. The average molecular weight is 418 g/mol. The van der Waals surface area contributed by atoms with Crippen molar-refractivity contribution in [1.82, 2.24) is 24.6 Å². The first kappa shape index (κ1) is 20.2. The van der Waals surface area contributed by atoms with Crippen LogP contribution in [0, 0.1) is 0 Å². The van der Waals surface area contributed by atoms with E-state index in [1.54, 1.807) is 4.57 Å². The number of hydrogen-bond donors (Lipinski definition) is 1. The molecule has 2 aliphatic heterocycles. The third-order valence-electron chi connectivity index (χ3n) is 5.43. The quantitative estimate of drug-likeness (QED) is 0.682. The van der Waals surface area contributed by atoms with E-state index in [1.807, 2.05) is 11.0 Å². The maximum Gasteiger partial charge on any atom is 0.344 e. The molecule has 1 amide bonds. The summed E-state index contributed by atoms with van der Waals surface area (Å²) in [5.41, 5.74) is 1.05. The van der Waals surface area contributed by atoms with Crippen molar-refractivity contribution in [2.75, 3.05) is 38.5 Å². The summed E-state index contributed by atoms with van der Waals surface area (Å²) in [6.45, 7) is 5.36. The minimum atomic E-state index is -0.245. The zero-order chi connectivity index (χ0) is 20.1. The third kappa shape index (κ3) is 5.29. The van der Waals surface area contributed by atoms with E-state index in [4.69, 9.17) is 4.74 Å². The molecule has 0 saturated carbocycles. The topological polar surface area (TPSA) is 83.5 Å². The van der Waals surface area contributed by atoms with Crippen molar-refractivity contribution in [3.8, 4) is 0 Å². The number of thioether (sulfide) groups is 1. The van der Waals surface area contributed by atoms with Crippen LogP contribution >= 0.6 is 11.8 Å². The maximum absolute atomic E-state index is 12.6. The fourth-order valence-corrected chi connectivity index (χ4v) is 4.64. The lowest BCUT2D eigenvalue weighted by Gasteiger charge is -2.34. The van der Waals surface area contributed by atoms with Gasteiger partial charge in [-0.05, 0) is 18.4 Å². The number of hydrogen-bond acceptors (Lipinski definition) is 6. The Bertz CT molecular complexity index is 855. The van der Waals surface area contributed by atoms with Crippen molar-refractivity contribution in [3.05, 3.63) is 46.4 Å². The fraction of sp³-hybridized carbons (Fsp3) is 0.550. The number of ether oxygens (including phenoxy) is 1. The van der Waals surface area contributed by atoms with E-state index in [-0.39, 0.29) is 23.5 Å². The molecule has 1 aromatic carbocycles. The number of aromatic nitrogens is 3. The molecule has 156 valence electrons. The molecule has 0 bridgehead atoms. The molecule has 1 atom stereocenters. The van der Waals surface area contributed by atoms with Crippen molar-refractivity contribution < 1.29 is 9.53 Å². The number of carbonyl (C=O) groups excluding carboxylic acids is 1. The van der Waals surface area contributed by atoms with Gasteiger partial charge in [-0.1, -0.05) is 42.1 Å². The molecule has 3 heterocycles. The smallest absolute Gasteiger partial charge is 0.344 e. The molecule has 29 heavy (non-hydrogen) atoms. The summed E-state index contributed by atoms with van der Waals surface area (Å²) in [5, 5.41) is 7.14. The Morgan fingerprint density at radius 1 is 1.21 bits per heavy atom. The highest BCUT2D eigenvalue weighted by Gasteiger charge is 2.23. The second kappa shape index (κ2) is 9.60. The van der Waals surface area contributed by atoms with Gasteiger partial charge in [-0.15, -0.1) is 5.10 Å². The normalized spacial score (nSPS) is 20.3. The molecule has 0 aliphatic carbocycles. The molecule has 2 aromatic rings. The summed E-state index contributed by atoms with van der Waals surface area (Å²) in [5.74, 6) is 0.377. The van der Waals surface area contributed by atoms with Gasteiger partial charge < -0.3 is 9.64 Å². The van der Waals surface area contributed by atoms with E-state index in [2.05, 4.69) is 39.4 Å². The first-order chi connectivity index (χ1) is 14.2. The minimum absolute atomic E-state index is 0.0537. The van der Waals surface area contributed by atoms with Gasteiger partial charge in [0.05, 0.1) is 18.4 Å². The Morgan fingerprint density at radius 2 is 2.00 bits per heavy atom. The van der Waals surface area contributed by atoms with Crippen LogP contribution in [0.5, 0.6) is 0 Å². The second-order valence-electron chi connectivity index (χ2n) is 7.49. The van der Waals surface area contributed by atoms with Crippen molar-refractivity contribution in [3.63, 3.8) is 0 Å². The number of nitrogens with zero attached hydrogens (tertiary/aromatic N) is 4. The molecule has 0 spiro atoms. The van der Waals surface area contributed by atoms with Gasteiger partial charge in [0.2, 0.25) is 5.91 Å². The predicted molar refractivity (Wildman–Crippen MR) is 111 cm³/mol. The van der Waals surface area contributed by atoms with Gasteiger partial charge >= 0.3 is 5.69 Å². The lowest BCUT2D eigenvalue weighted by Crippen LogP contribution is -2.48. The maximum atomic E-state index is 12.6. The molecular formula is C20H27N5O3S.